The summed E-state index contributed by atoms with van der Waals surface area (Å²) < 4.78 is 3.63. The smallest absolute Gasteiger partial charge is 0.258 e. The molecule has 158 valence electrons. The van der Waals surface area contributed by atoms with E-state index in [4.69, 9.17) is 4.98 Å². The van der Waals surface area contributed by atoms with Crippen molar-refractivity contribution in [3.8, 4) is 11.3 Å². The van der Waals surface area contributed by atoms with Gasteiger partial charge in [0.2, 0.25) is 0 Å². The van der Waals surface area contributed by atoms with Crippen molar-refractivity contribution in [2.24, 2.45) is 0 Å². The van der Waals surface area contributed by atoms with Crippen LogP contribution in [0.15, 0.2) is 47.8 Å². The minimum atomic E-state index is -0.106. The summed E-state index contributed by atoms with van der Waals surface area (Å²) in [6.07, 6.45) is 10.6. The molecule has 0 saturated carbocycles. The normalized spacial score (nSPS) is 15.2. The molecule has 0 amide bonds. The number of hydrogen-bond donors (Lipinski definition) is 0. The molecular formula is C24H26N6O. The molecule has 0 aromatic carbocycles. The first-order valence-electron chi connectivity index (χ1n) is 10.7. The Morgan fingerprint density at radius 1 is 1.03 bits per heavy atom. The van der Waals surface area contributed by atoms with Crippen LogP contribution in [0.4, 0.5) is 0 Å². The second kappa shape index (κ2) is 7.42. The Kier molecular flexibility index (Phi) is 4.70. The maximum Gasteiger partial charge on any atom is 0.258 e. The third-order valence-electron chi connectivity index (χ3n) is 6.03. The van der Waals surface area contributed by atoms with Crippen LogP contribution in [0.5, 0.6) is 0 Å². The fraction of sp³-hybridized carbons (Fsp3) is 0.333. The fourth-order valence-corrected chi connectivity index (χ4v) is 4.28. The highest BCUT2D eigenvalue weighted by Gasteiger charge is 2.17. The highest BCUT2D eigenvalue weighted by atomic mass is 16.1. The summed E-state index contributed by atoms with van der Waals surface area (Å²) in [5, 5.41) is 0. The molecule has 5 heterocycles. The molecule has 0 saturated heterocycles. The summed E-state index contributed by atoms with van der Waals surface area (Å²) in [5.41, 5.74) is 6.92. The van der Waals surface area contributed by atoms with Gasteiger partial charge in [-0.25, -0.2) is 4.98 Å². The van der Waals surface area contributed by atoms with Gasteiger partial charge < -0.3 is 4.40 Å². The monoisotopic (exact) mass is 414 g/mol. The van der Waals surface area contributed by atoms with Gasteiger partial charge in [0.25, 0.3) is 5.56 Å². The lowest BCUT2D eigenvalue weighted by Crippen LogP contribution is -2.34. The van der Waals surface area contributed by atoms with Crippen molar-refractivity contribution in [3.05, 3.63) is 70.4 Å². The van der Waals surface area contributed by atoms with E-state index in [1.807, 2.05) is 42.9 Å². The molecule has 0 aliphatic carbocycles. The number of aromatic nitrogens is 5. The van der Waals surface area contributed by atoms with Crippen molar-refractivity contribution in [1.29, 1.82) is 0 Å². The van der Waals surface area contributed by atoms with Gasteiger partial charge in [-0.3, -0.25) is 24.1 Å². The predicted octanol–water partition coefficient (Wildman–Crippen LogP) is 3.52. The molecule has 4 aromatic heterocycles. The van der Waals surface area contributed by atoms with Gasteiger partial charge in [-0.05, 0) is 45.8 Å². The molecule has 0 atom stereocenters. The lowest BCUT2D eigenvalue weighted by molar-refractivity contribution is 0.245. The van der Waals surface area contributed by atoms with Gasteiger partial charge in [-0.15, -0.1) is 0 Å². The highest BCUT2D eigenvalue weighted by Crippen LogP contribution is 2.24. The average molecular weight is 415 g/mol. The van der Waals surface area contributed by atoms with Gasteiger partial charge in [0, 0.05) is 49.4 Å². The minimum Gasteiger partial charge on any atom is -0.320 e. The van der Waals surface area contributed by atoms with E-state index in [1.54, 1.807) is 16.7 Å². The molecule has 1 aliphatic rings. The van der Waals surface area contributed by atoms with Gasteiger partial charge in [0.05, 0.1) is 34.5 Å². The predicted molar refractivity (Wildman–Crippen MR) is 122 cm³/mol. The third-order valence-corrected chi connectivity index (χ3v) is 6.03. The van der Waals surface area contributed by atoms with Crippen LogP contribution in [0.3, 0.4) is 0 Å². The van der Waals surface area contributed by atoms with Crippen molar-refractivity contribution in [1.82, 2.24) is 28.7 Å². The number of rotatable bonds is 3. The van der Waals surface area contributed by atoms with Crippen molar-refractivity contribution in [2.75, 3.05) is 13.1 Å². The van der Waals surface area contributed by atoms with E-state index in [1.165, 1.54) is 5.57 Å². The number of fused-ring (bicyclic) bond motifs is 2. The molecule has 7 nitrogen and oxygen atoms in total. The standard InChI is InChI=1S/C24H26N6O/c1-15(2)28-7-5-18(6-8-28)21-14-30-23(11-25-21)27-20(10-24(30)31)19-9-22-17(4)26-16(3)12-29(22)13-19/h5,9-15H,6-8H2,1-4H3. The molecule has 0 bridgehead atoms. The summed E-state index contributed by atoms with van der Waals surface area (Å²) in [4.78, 5) is 29.2. The molecule has 0 unspecified atom stereocenters. The Morgan fingerprint density at radius 3 is 2.61 bits per heavy atom. The zero-order valence-corrected chi connectivity index (χ0v) is 18.3. The maximum absolute atomic E-state index is 12.9. The molecule has 7 heteroatoms. The minimum absolute atomic E-state index is 0.106. The van der Waals surface area contributed by atoms with Crippen molar-refractivity contribution in [2.45, 2.75) is 40.2 Å². The maximum atomic E-state index is 12.9. The summed E-state index contributed by atoms with van der Waals surface area (Å²) in [6.45, 7) is 10.3. The Labute approximate surface area is 180 Å². The van der Waals surface area contributed by atoms with Crippen LogP contribution < -0.4 is 5.56 Å². The second-order valence-electron chi connectivity index (χ2n) is 8.54. The lowest BCUT2D eigenvalue weighted by Gasteiger charge is -2.29. The molecule has 1 aliphatic heterocycles. The zero-order chi connectivity index (χ0) is 21.7. The molecule has 0 spiro atoms. The Balaban J connectivity index is 1.53. The van der Waals surface area contributed by atoms with Crippen molar-refractivity contribution < 1.29 is 0 Å². The summed E-state index contributed by atoms with van der Waals surface area (Å²) >= 11 is 0. The van der Waals surface area contributed by atoms with Crippen LogP contribution >= 0.6 is 0 Å². The number of nitrogens with zero attached hydrogens (tertiary/aromatic N) is 6. The Hall–Kier alpha value is -3.32. The molecule has 0 N–H and O–H groups in total. The van der Waals surface area contributed by atoms with Gasteiger partial charge in [-0.1, -0.05) is 6.08 Å². The number of hydrogen-bond acceptors (Lipinski definition) is 5. The van der Waals surface area contributed by atoms with E-state index in [9.17, 15) is 4.79 Å². The van der Waals surface area contributed by atoms with Crippen LogP contribution in [0, 0.1) is 13.8 Å². The Morgan fingerprint density at radius 2 is 1.87 bits per heavy atom. The largest absolute Gasteiger partial charge is 0.320 e. The van der Waals surface area contributed by atoms with Crippen molar-refractivity contribution >= 4 is 16.7 Å². The molecule has 5 rings (SSSR count). The zero-order valence-electron chi connectivity index (χ0n) is 18.3. The van der Waals surface area contributed by atoms with E-state index in [-0.39, 0.29) is 5.56 Å². The summed E-state index contributed by atoms with van der Waals surface area (Å²) in [6, 6.07) is 4.15. The third kappa shape index (κ3) is 3.55. The van der Waals surface area contributed by atoms with Crippen LogP contribution in [0.25, 0.3) is 28.0 Å². The summed E-state index contributed by atoms with van der Waals surface area (Å²) in [5.74, 6) is 0. The fourth-order valence-electron chi connectivity index (χ4n) is 4.28. The van der Waals surface area contributed by atoms with Crippen LogP contribution in [-0.2, 0) is 0 Å². The van der Waals surface area contributed by atoms with Crippen LogP contribution in [0.2, 0.25) is 0 Å². The average Bonchev–Trinajstić information content (AvgIpc) is 3.18. The first-order chi connectivity index (χ1) is 14.9. The van der Waals surface area contributed by atoms with Crippen molar-refractivity contribution in [3.63, 3.8) is 0 Å². The highest BCUT2D eigenvalue weighted by molar-refractivity contribution is 5.70. The van der Waals surface area contributed by atoms with E-state index in [2.05, 4.69) is 34.8 Å². The quantitative estimate of drug-likeness (QED) is 0.513. The molecule has 4 aromatic rings. The summed E-state index contributed by atoms with van der Waals surface area (Å²) in [7, 11) is 0. The molecule has 0 fully saturated rings. The lowest BCUT2D eigenvalue weighted by atomic mass is 10.0. The number of aryl methyl sites for hydroxylation is 2. The topological polar surface area (TPSA) is 67.8 Å². The molecule has 31 heavy (non-hydrogen) atoms. The van der Waals surface area contributed by atoms with E-state index < -0.39 is 0 Å². The SMILES string of the molecule is Cc1cn2cc(-c3cc(=O)n4cc(C5=CCN(C(C)C)CC5)ncc4n3)cc2c(C)n1. The second-order valence-corrected chi connectivity index (χ2v) is 8.54. The first kappa shape index (κ1) is 19.6. The van der Waals surface area contributed by atoms with Gasteiger partial charge in [0.15, 0.2) is 5.65 Å². The van der Waals surface area contributed by atoms with E-state index in [0.717, 1.165) is 47.7 Å². The van der Waals surface area contributed by atoms with E-state index >= 15 is 0 Å². The first-order valence-corrected chi connectivity index (χ1v) is 10.7. The molecular weight excluding hydrogens is 388 g/mol. The van der Waals surface area contributed by atoms with Gasteiger partial charge >= 0.3 is 0 Å². The van der Waals surface area contributed by atoms with Crippen LogP contribution in [-0.4, -0.2) is 47.8 Å². The van der Waals surface area contributed by atoms with Crippen LogP contribution in [0.1, 0.15) is 37.4 Å². The molecule has 0 radical (unpaired) electrons. The van der Waals surface area contributed by atoms with E-state index in [0.29, 0.717) is 17.4 Å². The Bertz CT molecular complexity index is 1390. The van der Waals surface area contributed by atoms with Gasteiger partial charge in [0.1, 0.15) is 0 Å². The van der Waals surface area contributed by atoms with Gasteiger partial charge in [-0.2, -0.15) is 0 Å².